The summed E-state index contributed by atoms with van der Waals surface area (Å²) in [5.41, 5.74) is 0. The van der Waals surface area contributed by atoms with Crippen LogP contribution in [0.15, 0.2) is 35.0 Å². The fraction of sp³-hybridized carbons (Fsp3) is 0.562. The van der Waals surface area contributed by atoms with Crippen LogP contribution in [0.25, 0.3) is 0 Å². The van der Waals surface area contributed by atoms with Crippen molar-refractivity contribution in [3.63, 3.8) is 0 Å². The molecule has 0 saturated carbocycles. The SMILES string of the molecule is O=C(c1ccco1)N1CCN(C[C@H]2CC=CCC2)CC1. The van der Waals surface area contributed by atoms with Crippen LogP contribution in [0.5, 0.6) is 0 Å². The summed E-state index contributed by atoms with van der Waals surface area (Å²) in [5.74, 6) is 1.28. The van der Waals surface area contributed by atoms with Crippen LogP contribution in [0.1, 0.15) is 29.8 Å². The van der Waals surface area contributed by atoms with E-state index in [9.17, 15) is 4.79 Å². The summed E-state index contributed by atoms with van der Waals surface area (Å²) < 4.78 is 5.18. The second kappa shape index (κ2) is 6.27. The first-order chi connectivity index (χ1) is 9.83. The first kappa shape index (κ1) is 13.4. The molecule has 3 rings (SSSR count). The van der Waals surface area contributed by atoms with E-state index in [1.165, 1.54) is 25.8 Å². The van der Waals surface area contributed by atoms with Gasteiger partial charge in [0.2, 0.25) is 0 Å². The largest absolute Gasteiger partial charge is 0.459 e. The molecule has 1 fully saturated rings. The summed E-state index contributed by atoms with van der Waals surface area (Å²) in [4.78, 5) is 16.6. The zero-order chi connectivity index (χ0) is 13.8. The molecule has 1 aromatic rings. The molecule has 0 bridgehead atoms. The van der Waals surface area contributed by atoms with Crippen molar-refractivity contribution in [3.8, 4) is 0 Å². The minimum absolute atomic E-state index is 0.0234. The van der Waals surface area contributed by atoms with Gasteiger partial charge in [0.15, 0.2) is 5.76 Å². The Morgan fingerprint density at radius 1 is 1.25 bits per heavy atom. The van der Waals surface area contributed by atoms with E-state index in [1.807, 2.05) is 4.90 Å². The molecule has 0 unspecified atom stereocenters. The van der Waals surface area contributed by atoms with Crippen LogP contribution in [-0.4, -0.2) is 48.4 Å². The minimum atomic E-state index is 0.0234. The molecule has 0 spiro atoms. The third-order valence-corrected chi connectivity index (χ3v) is 4.29. The van der Waals surface area contributed by atoms with Crippen LogP contribution < -0.4 is 0 Å². The topological polar surface area (TPSA) is 36.7 Å². The quantitative estimate of drug-likeness (QED) is 0.794. The van der Waals surface area contributed by atoms with Crippen molar-refractivity contribution in [2.75, 3.05) is 32.7 Å². The van der Waals surface area contributed by atoms with Gasteiger partial charge in [-0.05, 0) is 37.3 Å². The van der Waals surface area contributed by atoms with Gasteiger partial charge in [0.1, 0.15) is 0 Å². The Bertz CT molecular complexity index is 459. The third kappa shape index (κ3) is 3.12. The second-order valence-corrected chi connectivity index (χ2v) is 5.72. The molecule has 4 nitrogen and oxygen atoms in total. The van der Waals surface area contributed by atoms with Crippen molar-refractivity contribution >= 4 is 5.91 Å². The molecule has 1 atom stereocenters. The van der Waals surface area contributed by atoms with Crippen molar-refractivity contribution in [2.45, 2.75) is 19.3 Å². The molecular weight excluding hydrogens is 252 g/mol. The maximum Gasteiger partial charge on any atom is 0.289 e. The van der Waals surface area contributed by atoms with E-state index in [2.05, 4.69) is 17.1 Å². The number of furan rings is 1. The van der Waals surface area contributed by atoms with Crippen LogP contribution in [0.3, 0.4) is 0 Å². The maximum atomic E-state index is 12.2. The standard InChI is InChI=1S/C16H22N2O2/c19-16(15-7-4-12-20-15)18-10-8-17(9-11-18)13-14-5-2-1-3-6-14/h1-2,4,7,12,14H,3,5-6,8-11,13H2/t14-/m0/s1. The highest BCUT2D eigenvalue weighted by Gasteiger charge is 2.24. The summed E-state index contributed by atoms with van der Waals surface area (Å²) in [6.45, 7) is 4.75. The Hall–Kier alpha value is -1.55. The van der Waals surface area contributed by atoms with E-state index in [0.717, 1.165) is 32.1 Å². The lowest BCUT2D eigenvalue weighted by Gasteiger charge is -2.36. The van der Waals surface area contributed by atoms with Crippen LogP contribution >= 0.6 is 0 Å². The zero-order valence-electron chi connectivity index (χ0n) is 11.8. The van der Waals surface area contributed by atoms with Crippen LogP contribution in [0.2, 0.25) is 0 Å². The van der Waals surface area contributed by atoms with Crippen molar-refractivity contribution < 1.29 is 9.21 Å². The Morgan fingerprint density at radius 3 is 2.75 bits per heavy atom. The predicted octanol–water partition coefficient (Wildman–Crippen LogP) is 2.39. The monoisotopic (exact) mass is 274 g/mol. The predicted molar refractivity (Wildman–Crippen MR) is 77.5 cm³/mol. The Labute approximate surface area is 120 Å². The van der Waals surface area contributed by atoms with Gasteiger partial charge >= 0.3 is 0 Å². The highest BCUT2D eigenvalue weighted by atomic mass is 16.3. The Balaban J connectivity index is 1.47. The molecule has 0 aromatic carbocycles. The summed E-state index contributed by atoms with van der Waals surface area (Å²) >= 11 is 0. The van der Waals surface area contributed by atoms with Gasteiger partial charge in [-0.1, -0.05) is 12.2 Å². The summed E-state index contributed by atoms with van der Waals surface area (Å²) in [7, 11) is 0. The number of piperazine rings is 1. The molecule has 1 aromatic heterocycles. The average molecular weight is 274 g/mol. The van der Waals surface area contributed by atoms with Gasteiger partial charge < -0.3 is 9.32 Å². The van der Waals surface area contributed by atoms with E-state index in [0.29, 0.717) is 5.76 Å². The lowest BCUT2D eigenvalue weighted by molar-refractivity contribution is 0.0584. The fourth-order valence-corrected chi connectivity index (χ4v) is 3.08. The van der Waals surface area contributed by atoms with Crippen molar-refractivity contribution in [1.29, 1.82) is 0 Å². The Morgan fingerprint density at radius 2 is 2.10 bits per heavy atom. The molecule has 108 valence electrons. The number of carbonyl (C=O) groups excluding carboxylic acids is 1. The highest BCUT2D eigenvalue weighted by molar-refractivity contribution is 5.91. The maximum absolute atomic E-state index is 12.2. The van der Waals surface area contributed by atoms with E-state index in [1.54, 1.807) is 18.4 Å². The summed E-state index contributed by atoms with van der Waals surface area (Å²) in [5, 5.41) is 0. The first-order valence-corrected chi connectivity index (χ1v) is 7.53. The normalized spacial score (nSPS) is 24.0. The average Bonchev–Trinajstić information content (AvgIpc) is 3.03. The number of hydrogen-bond donors (Lipinski definition) is 0. The van der Waals surface area contributed by atoms with E-state index < -0.39 is 0 Å². The smallest absolute Gasteiger partial charge is 0.289 e. The lowest BCUT2D eigenvalue weighted by Crippen LogP contribution is -2.49. The highest BCUT2D eigenvalue weighted by Crippen LogP contribution is 2.20. The molecule has 2 aliphatic rings. The van der Waals surface area contributed by atoms with Crippen molar-refractivity contribution in [1.82, 2.24) is 9.80 Å². The van der Waals surface area contributed by atoms with Crippen LogP contribution in [0, 0.1) is 5.92 Å². The molecule has 2 heterocycles. The second-order valence-electron chi connectivity index (χ2n) is 5.72. The van der Waals surface area contributed by atoms with Gasteiger partial charge in [0, 0.05) is 32.7 Å². The molecule has 0 radical (unpaired) electrons. The fourth-order valence-electron chi connectivity index (χ4n) is 3.08. The molecule has 1 aliphatic carbocycles. The molecule has 1 saturated heterocycles. The number of nitrogens with zero attached hydrogens (tertiary/aromatic N) is 2. The number of rotatable bonds is 3. The lowest BCUT2D eigenvalue weighted by atomic mass is 9.94. The summed E-state index contributed by atoms with van der Waals surface area (Å²) in [6, 6.07) is 3.50. The van der Waals surface area contributed by atoms with E-state index >= 15 is 0 Å². The number of amides is 1. The molecule has 4 heteroatoms. The number of hydrogen-bond acceptors (Lipinski definition) is 3. The van der Waals surface area contributed by atoms with Gasteiger partial charge in [-0.15, -0.1) is 0 Å². The Kier molecular flexibility index (Phi) is 4.21. The molecule has 1 amide bonds. The van der Waals surface area contributed by atoms with Gasteiger partial charge in [0.25, 0.3) is 5.91 Å². The van der Waals surface area contributed by atoms with Gasteiger partial charge in [-0.25, -0.2) is 0 Å². The van der Waals surface area contributed by atoms with Crippen LogP contribution in [-0.2, 0) is 0 Å². The minimum Gasteiger partial charge on any atom is -0.459 e. The van der Waals surface area contributed by atoms with Gasteiger partial charge in [-0.3, -0.25) is 9.69 Å². The van der Waals surface area contributed by atoms with Gasteiger partial charge in [0.05, 0.1) is 6.26 Å². The van der Waals surface area contributed by atoms with Crippen molar-refractivity contribution in [2.24, 2.45) is 5.92 Å². The van der Waals surface area contributed by atoms with Crippen LogP contribution in [0.4, 0.5) is 0 Å². The molecule has 1 aliphatic heterocycles. The molecule has 0 N–H and O–H groups in total. The zero-order valence-corrected chi connectivity index (χ0v) is 11.8. The molecular formula is C16H22N2O2. The number of carbonyl (C=O) groups is 1. The van der Waals surface area contributed by atoms with E-state index in [4.69, 9.17) is 4.42 Å². The molecule has 20 heavy (non-hydrogen) atoms. The van der Waals surface area contributed by atoms with E-state index in [-0.39, 0.29) is 5.91 Å². The third-order valence-electron chi connectivity index (χ3n) is 4.29. The van der Waals surface area contributed by atoms with Crippen molar-refractivity contribution in [3.05, 3.63) is 36.3 Å². The number of allylic oxidation sites excluding steroid dienone is 2. The first-order valence-electron chi connectivity index (χ1n) is 7.53. The van der Waals surface area contributed by atoms with Gasteiger partial charge in [-0.2, -0.15) is 0 Å². The summed E-state index contributed by atoms with van der Waals surface area (Å²) in [6.07, 6.45) is 9.90.